The summed E-state index contributed by atoms with van der Waals surface area (Å²) in [6.07, 6.45) is 11.1. The number of aldehydes is 1. The molecule has 4 aliphatic carbocycles. The molecule has 0 N–H and O–H groups in total. The van der Waals surface area contributed by atoms with Gasteiger partial charge in [-0.25, -0.2) is 0 Å². The van der Waals surface area contributed by atoms with E-state index in [2.05, 4.69) is 20.8 Å². The van der Waals surface area contributed by atoms with E-state index >= 15 is 0 Å². The highest BCUT2D eigenvalue weighted by atomic mass is 16.5. The van der Waals surface area contributed by atoms with Crippen LogP contribution in [-0.4, -0.2) is 44.1 Å². The zero-order valence-corrected chi connectivity index (χ0v) is 22.4. The Balaban J connectivity index is 1.56. The van der Waals surface area contributed by atoms with Gasteiger partial charge in [0, 0.05) is 19.3 Å². The minimum atomic E-state index is -0.171. The highest BCUT2D eigenvalue weighted by Gasteiger charge is 2.63. The molecular formula is C29H46O6. The first kappa shape index (κ1) is 26.6. The van der Waals surface area contributed by atoms with Crippen LogP contribution < -0.4 is 0 Å². The number of ether oxygens (including phenoxy) is 3. The van der Waals surface area contributed by atoms with E-state index in [1.165, 1.54) is 32.8 Å². The smallest absolute Gasteiger partial charge is 0.305 e. The first-order chi connectivity index (χ1) is 16.6. The molecule has 0 radical (unpaired) electrons. The van der Waals surface area contributed by atoms with Gasteiger partial charge < -0.3 is 19.0 Å². The van der Waals surface area contributed by atoms with Crippen molar-refractivity contribution in [2.24, 2.45) is 46.3 Å². The lowest BCUT2D eigenvalue weighted by molar-refractivity contribution is -0.196. The van der Waals surface area contributed by atoms with Crippen LogP contribution in [0.3, 0.4) is 0 Å². The van der Waals surface area contributed by atoms with Crippen LogP contribution in [0.1, 0.15) is 91.9 Å². The largest absolute Gasteiger partial charge is 0.469 e. The van der Waals surface area contributed by atoms with E-state index in [4.69, 9.17) is 14.2 Å². The van der Waals surface area contributed by atoms with Gasteiger partial charge in [0.2, 0.25) is 0 Å². The second kappa shape index (κ2) is 10.5. The Morgan fingerprint density at radius 2 is 1.74 bits per heavy atom. The molecule has 0 aromatic heterocycles. The molecule has 4 rings (SSSR count). The van der Waals surface area contributed by atoms with Crippen LogP contribution in [0.5, 0.6) is 0 Å². The molecule has 198 valence electrons. The van der Waals surface area contributed by atoms with Gasteiger partial charge in [0.1, 0.15) is 19.0 Å². The average molecular weight is 491 g/mol. The van der Waals surface area contributed by atoms with Crippen molar-refractivity contribution < 1.29 is 28.6 Å². The van der Waals surface area contributed by atoms with Crippen LogP contribution in [0.2, 0.25) is 0 Å². The molecule has 6 heteroatoms. The van der Waals surface area contributed by atoms with Gasteiger partial charge in [-0.2, -0.15) is 0 Å². The summed E-state index contributed by atoms with van der Waals surface area (Å²) < 4.78 is 16.9. The highest BCUT2D eigenvalue weighted by Crippen LogP contribution is 2.68. The summed E-state index contributed by atoms with van der Waals surface area (Å²) in [5, 5.41) is 0. The Labute approximate surface area is 211 Å². The van der Waals surface area contributed by atoms with Gasteiger partial charge >= 0.3 is 11.9 Å². The maximum Gasteiger partial charge on any atom is 0.305 e. The van der Waals surface area contributed by atoms with Crippen molar-refractivity contribution in [3.63, 3.8) is 0 Å². The van der Waals surface area contributed by atoms with Gasteiger partial charge in [0.25, 0.3) is 0 Å². The van der Waals surface area contributed by atoms with Crippen molar-refractivity contribution >= 4 is 18.2 Å². The molecule has 0 saturated heterocycles. The number of carbonyl (C=O) groups is 3. The lowest BCUT2D eigenvalue weighted by Crippen LogP contribution is -2.59. The maximum absolute atomic E-state index is 12.2. The van der Waals surface area contributed by atoms with E-state index in [-0.39, 0.29) is 41.6 Å². The standard InChI is InChI=1S/C29H46O6/c1-18(6-9-26(32)33-5)22-7-8-23-27-24(11-13-29(22,23)4)28(3)12-10-21(34-15-14-30)16-20(28)17-25(27)35-19(2)31/h14,18,20-25,27H,6-13,15-17H2,1-5H3/t18-,20?,21?,22?,23?,24?,25?,27?,28?,29?/m1/s1. The fraction of sp³-hybridized carbons (Fsp3) is 0.897. The Morgan fingerprint density at radius 1 is 1.03 bits per heavy atom. The molecule has 6 nitrogen and oxygen atoms in total. The van der Waals surface area contributed by atoms with Crippen molar-refractivity contribution in [2.45, 2.75) is 104 Å². The SMILES string of the molecule is COC(=O)CC[C@@H](C)C1CCC2C3C(OC(C)=O)CC4CC(OCC=O)CCC4(C)C3CCC21C. The fourth-order valence-electron chi connectivity index (χ4n) is 9.44. The van der Waals surface area contributed by atoms with Crippen molar-refractivity contribution in [2.75, 3.05) is 13.7 Å². The van der Waals surface area contributed by atoms with Crippen LogP contribution >= 0.6 is 0 Å². The molecule has 0 amide bonds. The van der Waals surface area contributed by atoms with Gasteiger partial charge in [0.15, 0.2) is 0 Å². The number of methoxy groups -OCH3 is 1. The molecule has 9 unspecified atom stereocenters. The zero-order valence-electron chi connectivity index (χ0n) is 22.4. The summed E-state index contributed by atoms with van der Waals surface area (Å²) in [5.74, 6) is 2.75. The molecule has 0 heterocycles. The predicted molar refractivity (Wildman–Crippen MR) is 132 cm³/mol. The third kappa shape index (κ3) is 4.93. The minimum absolute atomic E-state index is 0.0332. The third-order valence-electron chi connectivity index (χ3n) is 11.1. The number of hydrogen-bond acceptors (Lipinski definition) is 6. The van der Waals surface area contributed by atoms with Gasteiger partial charge in [-0.1, -0.05) is 20.8 Å². The molecule has 0 aromatic carbocycles. The molecule has 0 spiro atoms. The quantitative estimate of drug-likeness (QED) is 0.337. The van der Waals surface area contributed by atoms with Crippen LogP contribution in [0, 0.1) is 46.3 Å². The Kier molecular flexibility index (Phi) is 8.00. The van der Waals surface area contributed by atoms with Gasteiger partial charge in [-0.15, -0.1) is 0 Å². The summed E-state index contributed by atoms with van der Waals surface area (Å²) in [7, 11) is 1.47. The van der Waals surface area contributed by atoms with Crippen molar-refractivity contribution in [3.8, 4) is 0 Å². The fourth-order valence-corrected chi connectivity index (χ4v) is 9.44. The lowest BCUT2D eigenvalue weighted by Gasteiger charge is -2.63. The number of esters is 2. The Morgan fingerprint density at radius 3 is 2.43 bits per heavy atom. The Hall–Kier alpha value is -1.43. The van der Waals surface area contributed by atoms with Crippen LogP contribution in [-0.2, 0) is 28.6 Å². The molecule has 4 saturated carbocycles. The summed E-state index contributed by atoms with van der Waals surface area (Å²) in [5.41, 5.74) is 0.459. The van der Waals surface area contributed by atoms with Crippen LogP contribution in [0.15, 0.2) is 0 Å². The Bertz CT molecular complexity index is 796. The van der Waals surface area contributed by atoms with E-state index < -0.39 is 0 Å². The highest BCUT2D eigenvalue weighted by molar-refractivity contribution is 5.69. The normalized spacial score (nSPS) is 43.3. The summed E-state index contributed by atoms with van der Waals surface area (Å²) in [6.45, 7) is 9.01. The molecular weight excluding hydrogens is 444 g/mol. The molecule has 4 aliphatic rings. The van der Waals surface area contributed by atoms with E-state index in [0.29, 0.717) is 41.9 Å². The molecule has 0 bridgehead atoms. The molecule has 0 aromatic rings. The van der Waals surface area contributed by atoms with E-state index in [0.717, 1.165) is 38.4 Å². The maximum atomic E-state index is 12.2. The molecule has 0 aliphatic heterocycles. The number of carbonyl (C=O) groups excluding carboxylic acids is 3. The first-order valence-corrected chi connectivity index (χ1v) is 13.9. The van der Waals surface area contributed by atoms with Crippen molar-refractivity contribution in [3.05, 3.63) is 0 Å². The van der Waals surface area contributed by atoms with Crippen LogP contribution in [0.4, 0.5) is 0 Å². The van der Waals surface area contributed by atoms with E-state index in [1.807, 2.05) is 0 Å². The summed E-state index contributed by atoms with van der Waals surface area (Å²) >= 11 is 0. The molecule has 4 fully saturated rings. The first-order valence-electron chi connectivity index (χ1n) is 13.9. The second-order valence-corrected chi connectivity index (χ2v) is 12.6. The average Bonchev–Trinajstić information content (AvgIpc) is 3.18. The molecule has 10 atom stereocenters. The monoisotopic (exact) mass is 490 g/mol. The van der Waals surface area contributed by atoms with Crippen LogP contribution in [0.25, 0.3) is 0 Å². The third-order valence-corrected chi connectivity index (χ3v) is 11.1. The number of hydrogen-bond donors (Lipinski definition) is 0. The summed E-state index contributed by atoms with van der Waals surface area (Å²) in [4.78, 5) is 34.9. The van der Waals surface area contributed by atoms with Crippen molar-refractivity contribution in [1.82, 2.24) is 0 Å². The topological polar surface area (TPSA) is 78.9 Å². The van der Waals surface area contributed by atoms with Gasteiger partial charge in [0.05, 0.1) is 13.2 Å². The number of rotatable bonds is 8. The summed E-state index contributed by atoms with van der Waals surface area (Å²) in [6, 6.07) is 0. The van der Waals surface area contributed by atoms with Gasteiger partial charge in [-0.05, 0) is 98.2 Å². The minimum Gasteiger partial charge on any atom is -0.469 e. The zero-order chi connectivity index (χ0) is 25.4. The number of fused-ring (bicyclic) bond motifs is 5. The van der Waals surface area contributed by atoms with E-state index in [1.54, 1.807) is 6.92 Å². The van der Waals surface area contributed by atoms with Crippen molar-refractivity contribution in [1.29, 1.82) is 0 Å². The molecule has 35 heavy (non-hydrogen) atoms. The second-order valence-electron chi connectivity index (χ2n) is 12.6. The lowest BCUT2D eigenvalue weighted by atomic mass is 9.43. The van der Waals surface area contributed by atoms with Gasteiger partial charge in [-0.3, -0.25) is 9.59 Å². The van der Waals surface area contributed by atoms with E-state index in [9.17, 15) is 14.4 Å². The predicted octanol–water partition coefficient (Wildman–Crippen LogP) is 5.36.